The van der Waals surface area contributed by atoms with Gasteiger partial charge < -0.3 is 4.90 Å². The molecular weight excluding hydrogens is 354 g/mol. The maximum Gasteiger partial charge on any atom is 0.229 e. The Hall–Kier alpha value is -2.38. The Bertz CT molecular complexity index is 960. The molecular formula is C18H19N3O2S2. The maximum atomic E-state index is 11.3. The summed E-state index contributed by atoms with van der Waals surface area (Å²) in [5.74, 6) is 0. The number of aromatic nitrogens is 1. The minimum absolute atomic E-state index is 0.543. The van der Waals surface area contributed by atoms with Crippen LogP contribution in [0.5, 0.6) is 0 Å². The first kappa shape index (κ1) is 17.4. The topological polar surface area (TPSA) is 62.3 Å². The van der Waals surface area contributed by atoms with Crippen molar-refractivity contribution < 1.29 is 8.42 Å². The molecule has 3 aromatic rings. The second-order valence-electron chi connectivity index (χ2n) is 5.93. The second kappa shape index (κ2) is 6.85. The molecule has 7 heteroatoms. The van der Waals surface area contributed by atoms with Crippen LogP contribution in [-0.2, 0) is 10.0 Å². The number of anilines is 2. The van der Waals surface area contributed by atoms with Crippen molar-refractivity contribution in [3.8, 4) is 21.8 Å². The molecule has 1 N–H and O–H groups in total. The minimum atomic E-state index is -3.26. The lowest BCUT2D eigenvalue weighted by Gasteiger charge is -2.11. The fourth-order valence-electron chi connectivity index (χ4n) is 2.36. The normalized spacial score (nSPS) is 11.3. The zero-order chi connectivity index (χ0) is 18.0. The monoisotopic (exact) mass is 373 g/mol. The van der Waals surface area contributed by atoms with E-state index >= 15 is 0 Å². The molecule has 130 valence electrons. The number of sulfonamides is 1. The molecule has 0 aliphatic carbocycles. The lowest BCUT2D eigenvalue weighted by atomic mass is 10.1. The van der Waals surface area contributed by atoms with E-state index in [9.17, 15) is 8.42 Å². The number of benzene rings is 2. The molecule has 0 aliphatic heterocycles. The Labute approximate surface area is 152 Å². The highest BCUT2D eigenvalue weighted by molar-refractivity contribution is 7.92. The van der Waals surface area contributed by atoms with E-state index in [-0.39, 0.29) is 0 Å². The largest absolute Gasteiger partial charge is 0.378 e. The third-order valence-corrected chi connectivity index (χ3v) is 5.12. The van der Waals surface area contributed by atoms with Crippen molar-refractivity contribution in [2.24, 2.45) is 0 Å². The van der Waals surface area contributed by atoms with Crippen molar-refractivity contribution in [2.75, 3.05) is 30.0 Å². The van der Waals surface area contributed by atoms with Gasteiger partial charge in [-0.25, -0.2) is 13.4 Å². The number of hydrogen-bond acceptors (Lipinski definition) is 5. The van der Waals surface area contributed by atoms with Gasteiger partial charge >= 0.3 is 0 Å². The molecule has 0 spiro atoms. The van der Waals surface area contributed by atoms with Gasteiger partial charge in [0, 0.05) is 42.0 Å². The van der Waals surface area contributed by atoms with Crippen LogP contribution >= 0.6 is 11.3 Å². The van der Waals surface area contributed by atoms with Crippen molar-refractivity contribution in [1.82, 2.24) is 4.98 Å². The summed E-state index contributed by atoms with van der Waals surface area (Å²) < 4.78 is 25.0. The van der Waals surface area contributed by atoms with E-state index in [4.69, 9.17) is 4.98 Å². The lowest BCUT2D eigenvalue weighted by molar-refractivity contribution is 0.607. The van der Waals surface area contributed by atoms with Gasteiger partial charge in [0.15, 0.2) is 0 Å². The highest BCUT2D eigenvalue weighted by Gasteiger charge is 2.08. The molecule has 25 heavy (non-hydrogen) atoms. The van der Waals surface area contributed by atoms with Crippen LogP contribution in [0, 0.1) is 0 Å². The summed E-state index contributed by atoms with van der Waals surface area (Å²) in [4.78, 5) is 6.75. The predicted molar refractivity (Wildman–Crippen MR) is 106 cm³/mol. The van der Waals surface area contributed by atoms with Gasteiger partial charge in [0.2, 0.25) is 10.0 Å². The third kappa shape index (κ3) is 4.37. The average Bonchev–Trinajstić information content (AvgIpc) is 3.04. The Morgan fingerprint density at radius 2 is 1.56 bits per heavy atom. The van der Waals surface area contributed by atoms with Crippen LogP contribution in [0.3, 0.4) is 0 Å². The molecule has 1 aromatic heterocycles. The van der Waals surface area contributed by atoms with E-state index in [1.54, 1.807) is 23.5 Å². The Morgan fingerprint density at radius 3 is 2.12 bits per heavy atom. The smallest absolute Gasteiger partial charge is 0.229 e. The van der Waals surface area contributed by atoms with Crippen molar-refractivity contribution in [3.63, 3.8) is 0 Å². The molecule has 0 amide bonds. The molecule has 0 fully saturated rings. The van der Waals surface area contributed by atoms with Gasteiger partial charge in [-0.2, -0.15) is 0 Å². The van der Waals surface area contributed by atoms with E-state index in [1.165, 1.54) is 0 Å². The number of rotatable bonds is 5. The second-order valence-corrected chi connectivity index (χ2v) is 8.54. The van der Waals surface area contributed by atoms with Crippen LogP contribution in [0.25, 0.3) is 21.8 Å². The summed E-state index contributed by atoms with van der Waals surface area (Å²) >= 11 is 1.59. The van der Waals surface area contributed by atoms with Crippen LogP contribution in [-0.4, -0.2) is 33.8 Å². The van der Waals surface area contributed by atoms with E-state index in [0.717, 1.165) is 33.8 Å². The van der Waals surface area contributed by atoms with Crippen molar-refractivity contribution >= 4 is 32.7 Å². The summed E-state index contributed by atoms with van der Waals surface area (Å²) in [5.41, 5.74) is 4.60. The summed E-state index contributed by atoms with van der Waals surface area (Å²) in [6.45, 7) is 0. The van der Waals surface area contributed by atoms with Gasteiger partial charge in [-0.3, -0.25) is 4.72 Å². The third-order valence-electron chi connectivity index (χ3n) is 3.62. The highest BCUT2D eigenvalue weighted by atomic mass is 32.2. The van der Waals surface area contributed by atoms with Gasteiger partial charge in [0.25, 0.3) is 0 Å². The van der Waals surface area contributed by atoms with Crippen molar-refractivity contribution in [2.45, 2.75) is 0 Å². The van der Waals surface area contributed by atoms with Gasteiger partial charge in [-0.1, -0.05) is 12.1 Å². The molecule has 1 heterocycles. The van der Waals surface area contributed by atoms with Gasteiger partial charge in [0.1, 0.15) is 5.01 Å². The first-order valence-electron chi connectivity index (χ1n) is 7.63. The quantitative estimate of drug-likeness (QED) is 0.736. The van der Waals surface area contributed by atoms with E-state index in [0.29, 0.717) is 5.69 Å². The summed E-state index contributed by atoms with van der Waals surface area (Å²) in [6, 6.07) is 15.5. The van der Waals surface area contributed by atoms with E-state index in [2.05, 4.69) is 33.9 Å². The average molecular weight is 374 g/mol. The van der Waals surface area contributed by atoms with E-state index in [1.807, 2.05) is 31.6 Å². The molecule has 0 saturated heterocycles. The Morgan fingerprint density at radius 1 is 0.960 bits per heavy atom. The fraction of sp³-hybridized carbons (Fsp3) is 0.167. The van der Waals surface area contributed by atoms with Crippen molar-refractivity contribution in [1.29, 1.82) is 0 Å². The van der Waals surface area contributed by atoms with Gasteiger partial charge in [-0.15, -0.1) is 11.3 Å². The summed E-state index contributed by atoms with van der Waals surface area (Å²) in [7, 11) is 0.762. The number of thiazole rings is 1. The lowest BCUT2D eigenvalue weighted by Crippen LogP contribution is -2.09. The standard InChI is InChI=1S/C18H19N3O2S2/c1-21(2)16-10-6-14(7-11-16)18-19-17(12-24-18)13-4-8-15(9-5-13)20-25(3,22)23/h4-12,20H,1-3H3. The number of nitrogens with zero attached hydrogens (tertiary/aromatic N) is 2. The predicted octanol–water partition coefficient (Wildman–Crippen LogP) is 3.91. The molecule has 0 bridgehead atoms. The fourth-order valence-corrected chi connectivity index (χ4v) is 3.76. The SMILES string of the molecule is CN(C)c1ccc(-c2nc(-c3ccc(NS(C)(=O)=O)cc3)cs2)cc1. The van der Waals surface area contributed by atoms with Crippen LogP contribution in [0.15, 0.2) is 53.9 Å². The first-order chi connectivity index (χ1) is 11.8. The Balaban J connectivity index is 1.81. The first-order valence-corrected chi connectivity index (χ1v) is 10.4. The summed E-state index contributed by atoms with van der Waals surface area (Å²) in [5, 5.41) is 2.97. The zero-order valence-corrected chi connectivity index (χ0v) is 15.9. The number of nitrogens with one attached hydrogen (secondary N) is 1. The highest BCUT2D eigenvalue weighted by Crippen LogP contribution is 2.30. The molecule has 0 atom stereocenters. The molecule has 3 rings (SSSR count). The molecule has 2 aromatic carbocycles. The van der Waals surface area contributed by atoms with Crippen LogP contribution < -0.4 is 9.62 Å². The molecule has 0 saturated carbocycles. The van der Waals surface area contributed by atoms with Gasteiger partial charge in [0.05, 0.1) is 11.9 Å². The summed E-state index contributed by atoms with van der Waals surface area (Å²) in [6.07, 6.45) is 1.13. The minimum Gasteiger partial charge on any atom is -0.378 e. The number of hydrogen-bond donors (Lipinski definition) is 1. The Kier molecular flexibility index (Phi) is 4.78. The van der Waals surface area contributed by atoms with Crippen LogP contribution in [0.1, 0.15) is 0 Å². The van der Waals surface area contributed by atoms with E-state index < -0.39 is 10.0 Å². The zero-order valence-electron chi connectivity index (χ0n) is 14.2. The molecule has 0 radical (unpaired) electrons. The van der Waals surface area contributed by atoms with Crippen molar-refractivity contribution in [3.05, 3.63) is 53.9 Å². The molecule has 5 nitrogen and oxygen atoms in total. The van der Waals surface area contributed by atoms with Crippen LogP contribution in [0.2, 0.25) is 0 Å². The van der Waals surface area contributed by atoms with Crippen LogP contribution in [0.4, 0.5) is 11.4 Å². The molecule has 0 aliphatic rings. The molecule has 0 unspecified atom stereocenters. The maximum absolute atomic E-state index is 11.3. The van der Waals surface area contributed by atoms with Gasteiger partial charge in [-0.05, 0) is 36.4 Å².